The van der Waals surface area contributed by atoms with E-state index in [4.69, 9.17) is 0 Å². The maximum Gasteiger partial charge on any atom is 0.0527 e. The minimum Gasteiger partial charge on any atom is -0.321 e. The van der Waals surface area contributed by atoms with Gasteiger partial charge in [-0.3, -0.25) is 0 Å². The molecule has 0 saturated carbocycles. The molecule has 0 atom stereocenters. The summed E-state index contributed by atoms with van der Waals surface area (Å²) in [4.78, 5) is 0. The number of aryl methyl sites for hydroxylation is 1. The van der Waals surface area contributed by atoms with Crippen LogP contribution in [0.15, 0.2) is 30.8 Å². The molecule has 0 aliphatic heterocycles. The highest BCUT2D eigenvalue weighted by atomic mass is 15.0. The van der Waals surface area contributed by atoms with Gasteiger partial charge in [-0.2, -0.15) is 0 Å². The van der Waals surface area contributed by atoms with Crippen LogP contribution >= 0.6 is 0 Å². The van der Waals surface area contributed by atoms with Crippen molar-refractivity contribution in [2.24, 2.45) is 0 Å². The van der Waals surface area contributed by atoms with E-state index in [0.29, 0.717) is 0 Å². The molecule has 1 aliphatic rings. The summed E-state index contributed by atoms with van der Waals surface area (Å²) in [6.07, 6.45) is 7.04. The number of benzene rings is 1. The van der Waals surface area contributed by atoms with Gasteiger partial charge in [0.2, 0.25) is 0 Å². The Labute approximate surface area is 90.0 Å². The molecule has 76 valence electrons. The number of fused-ring (bicyclic) bond motifs is 3. The average Bonchev–Trinajstić information content (AvgIpc) is 2.63. The van der Waals surface area contributed by atoms with Crippen molar-refractivity contribution in [1.82, 2.24) is 4.57 Å². The smallest absolute Gasteiger partial charge is 0.0527 e. The molecular weight excluding hydrogens is 182 g/mol. The molecule has 0 bridgehead atoms. The Morgan fingerprint density at radius 2 is 1.93 bits per heavy atom. The molecule has 0 N–H and O–H groups in total. The van der Waals surface area contributed by atoms with Crippen LogP contribution < -0.4 is 0 Å². The highest BCUT2D eigenvalue weighted by Crippen LogP contribution is 2.31. The van der Waals surface area contributed by atoms with E-state index in [-0.39, 0.29) is 0 Å². The van der Waals surface area contributed by atoms with Crippen LogP contribution in [0.4, 0.5) is 0 Å². The zero-order valence-electron chi connectivity index (χ0n) is 8.87. The van der Waals surface area contributed by atoms with Gasteiger partial charge in [0.05, 0.1) is 5.52 Å². The molecule has 0 radical (unpaired) electrons. The van der Waals surface area contributed by atoms with Crippen molar-refractivity contribution in [3.05, 3.63) is 42.1 Å². The van der Waals surface area contributed by atoms with Gasteiger partial charge in [0.1, 0.15) is 0 Å². The maximum absolute atomic E-state index is 3.92. The van der Waals surface area contributed by atoms with Crippen LogP contribution in [0.3, 0.4) is 0 Å². The molecule has 1 aromatic heterocycles. The molecule has 1 nitrogen and oxygen atoms in total. The molecule has 0 saturated heterocycles. The monoisotopic (exact) mass is 197 g/mol. The number of aromatic nitrogens is 1. The first-order valence-corrected chi connectivity index (χ1v) is 5.65. The fraction of sp³-hybridized carbons (Fsp3) is 0.286. The van der Waals surface area contributed by atoms with Crippen LogP contribution in [0.25, 0.3) is 17.1 Å². The first-order chi connectivity index (χ1) is 7.42. The summed E-state index contributed by atoms with van der Waals surface area (Å²) in [6.45, 7) is 3.92. The molecule has 2 aromatic rings. The number of nitrogens with zero attached hydrogens (tertiary/aromatic N) is 1. The highest BCUT2D eigenvalue weighted by molar-refractivity contribution is 5.87. The number of rotatable bonds is 1. The Morgan fingerprint density at radius 3 is 2.80 bits per heavy atom. The molecule has 1 heteroatoms. The van der Waals surface area contributed by atoms with Gasteiger partial charge in [-0.05, 0) is 37.3 Å². The van der Waals surface area contributed by atoms with Crippen LogP contribution in [0.2, 0.25) is 0 Å². The van der Waals surface area contributed by atoms with E-state index in [1.54, 1.807) is 5.56 Å². The van der Waals surface area contributed by atoms with Crippen molar-refractivity contribution in [2.75, 3.05) is 0 Å². The summed E-state index contributed by atoms with van der Waals surface area (Å²) < 4.78 is 2.27. The van der Waals surface area contributed by atoms with Crippen LogP contribution in [-0.4, -0.2) is 4.57 Å². The Balaban J connectivity index is 2.42. The topological polar surface area (TPSA) is 4.93 Å². The quantitative estimate of drug-likeness (QED) is 0.658. The van der Waals surface area contributed by atoms with Gasteiger partial charge < -0.3 is 4.57 Å². The first kappa shape index (κ1) is 8.78. The summed E-state index contributed by atoms with van der Waals surface area (Å²) in [5.74, 6) is 0. The fourth-order valence-electron chi connectivity index (χ4n) is 2.74. The van der Waals surface area contributed by atoms with Gasteiger partial charge in [-0.15, -0.1) is 0 Å². The van der Waals surface area contributed by atoms with E-state index in [0.717, 1.165) is 0 Å². The summed E-state index contributed by atoms with van der Waals surface area (Å²) in [6, 6.07) is 8.66. The molecular formula is C14H15N. The van der Waals surface area contributed by atoms with Gasteiger partial charge in [-0.25, -0.2) is 0 Å². The number of hydrogen-bond acceptors (Lipinski definition) is 0. The Morgan fingerprint density at radius 1 is 1.13 bits per heavy atom. The maximum atomic E-state index is 3.92. The zero-order chi connectivity index (χ0) is 10.3. The van der Waals surface area contributed by atoms with E-state index in [1.165, 1.54) is 42.3 Å². The first-order valence-electron chi connectivity index (χ1n) is 5.65. The fourth-order valence-corrected chi connectivity index (χ4v) is 2.74. The third-order valence-electron chi connectivity index (χ3n) is 3.40. The summed E-state index contributed by atoms with van der Waals surface area (Å²) in [5.41, 5.74) is 4.36. The van der Waals surface area contributed by atoms with Gasteiger partial charge in [0.25, 0.3) is 0 Å². The van der Waals surface area contributed by atoms with E-state index in [9.17, 15) is 0 Å². The predicted octanol–water partition coefficient (Wildman–Crippen LogP) is 3.62. The van der Waals surface area contributed by atoms with E-state index >= 15 is 0 Å². The second-order valence-corrected chi connectivity index (χ2v) is 4.20. The lowest BCUT2D eigenvalue weighted by Gasteiger charge is -2.13. The molecule has 1 aromatic carbocycles. The normalized spacial score (nSPS) is 15.2. The molecule has 3 rings (SSSR count). The highest BCUT2D eigenvalue weighted by Gasteiger charge is 2.17. The molecule has 0 fully saturated rings. The molecule has 0 spiro atoms. The van der Waals surface area contributed by atoms with Crippen molar-refractivity contribution in [3.8, 4) is 0 Å². The molecule has 1 heterocycles. The second kappa shape index (κ2) is 3.27. The summed E-state index contributed by atoms with van der Waals surface area (Å²) in [5, 5.41) is 1.42. The minimum atomic E-state index is 1.20. The van der Waals surface area contributed by atoms with Crippen molar-refractivity contribution in [3.63, 3.8) is 0 Å². The number of para-hydroxylation sites is 1. The van der Waals surface area contributed by atoms with E-state index < -0.39 is 0 Å². The Hall–Kier alpha value is -1.50. The molecule has 0 unspecified atom stereocenters. The average molecular weight is 197 g/mol. The van der Waals surface area contributed by atoms with Crippen molar-refractivity contribution >= 4 is 17.1 Å². The van der Waals surface area contributed by atoms with Crippen LogP contribution in [-0.2, 0) is 12.8 Å². The van der Waals surface area contributed by atoms with E-state index in [1.807, 2.05) is 6.20 Å². The molecule has 1 aliphatic carbocycles. The number of hydrogen-bond donors (Lipinski definition) is 0. The minimum absolute atomic E-state index is 1.20. The lowest BCUT2D eigenvalue weighted by Crippen LogP contribution is -2.04. The lowest BCUT2D eigenvalue weighted by molar-refractivity contribution is 0.671. The SMILES string of the molecule is C=Cn1c2c(c3ccccc31)CCCC2. The van der Waals surface area contributed by atoms with Crippen LogP contribution in [0.1, 0.15) is 24.1 Å². The Bertz CT molecular complexity index is 519. The van der Waals surface area contributed by atoms with Gasteiger partial charge in [0.15, 0.2) is 0 Å². The summed E-state index contributed by atoms with van der Waals surface area (Å²) >= 11 is 0. The second-order valence-electron chi connectivity index (χ2n) is 4.20. The zero-order valence-corrected chi connectivity index (χ0v) is 8.87. The third-order valence-corrected chi connectivity index (χ3v) is 3.40. The predicted molar refractivity (Wildman–Crippen MR) is 65.0 cm³/mol. The van der Waals surface area contributed by atoms with Crippen LogP contribution in [0.5, 0.6) is 0 Å². The van der Waals surface area contributed by atoms with Crippen molar-refractivity contribution in [1.29, 1.82) is 0 Å². The largest absolute Gasteiger partial charge is 0.321 e. The standard InChI is InChI=1S/C14H15N/c1-2-15-13-9-5-3-7-11(13)12-8-4-6-10-14(12)15/h2-3,5,7,9H,1,4,6,8,10H2. The lowest BCUT2D eigenvalue weighted by atomic mass is 9.96. The van der Waals surface area contributed by atoms with Crippen molar-refractivity contribution in [2.45, 2.75) is 25.7 Å². The van der Waals surface area contributed by atoms with Gasteiger partial charge >= 0.3 is 0 Å². The van der Waals surface area contributed by atoms with E-state index in [2.05, 4.69) is 35.4 Å². The summed E-state index contributed by atoms with van der Waals surface area (Å²) in [7, 11) is 0. The molecule has 15 heavy (non-hydrogen) atoms. The third kappa shape index (κ3) is 1.16. The van der Waals surface area contributed by atoms with Gasteiger partial charge in [0, 0.05) is 17.3 Å². The van der Waals surface area contributed by atoms with Gasteiger partial charge in [-0.1, -0.05) is 24.8 Å². The van der Waals surface area contributed by atoms with Crippen molar-refractivity contribution < 1.29 is 0 Å². The Kier molecular flexibility index (Phi) is 1.91. The molecule has 0 amide bonds. The van der Waals surface area contributed by atoms with Crippen LogP contribution in [0, 0.1) is 0 Å².